The Morgan fingerprint density at radius 3 is 2.69 bits per heavy atom. The molecular formula is C13H23N3. The van der Waals surface area contributed by atoms with Gasteiger partial charge in [-0.15, -0.1) is 0 Å². The molecule has 2 N–H and O–H groups in total. The number of anilines is 1. The zero-order valence-corrected chi connectivity index (χ0v) is 10.8. The number of nitrogens with two attached hydrogens (primary N) is 1. The first-order chi connectivity index (χ1) is 7.57. The topological polar surface area (TPSA) is 42.2 Å². The van der Waals surface area contributed by atoms with Crippen LogP contribution >= 0.6 is 0 Å². The van der Waals surface area contributed by atoms with Crippen molar-refractivity contribution in [2.24, 2.45) is 5.73 Å². The van der Waals surface area contributed by atoms with Crippen LogP contribution in [0.2, 0.25) is 0 Å². The van der Waals surface area contributed by atoms with Crippen molar-refractivity contribution in [3.8, 4) is 0 Å². The number of rotatable bonds is 5. The van der Waals surface area contributed by atoms with Crippen molar-refractivity contribution in [1.82, 2.24) is 4.98 Å². The lowest BCUT2D eigenvalue weighted by atomic mass is 10.1. The highest BCUT2D eigenvalue weighted by atomic mass is 15.2. The van der Waals surface area contributed by atoms with Gasteiger partial charge in [-0.3, -0.25) is 0 Å². The van der Waals surface area contributed by atoms with E-state index in [0.29, 0.717) is 6.04 Å². The van der Waals surface area contributed by atoms with Crippen LogP contribution in [0.15, 0.2) is 18.3 Å². The van der Waals surface area contributed by atoms with Gasteiger partial charge in [-0.1, -0.05) is 19.4 Å². The summed E-state index contributed by atoms with van der Waals surface area (Å²) >= 11 is 0. The van der Waals surface area contributed by atoms with Gasteiger partial charge in [-0.25, -0.2) is 4.98 Å². The van der Waals surface area contributed by atoms with E-state index in [1.807, 2.05) is 19.2 Å². The number of pyridine rings is 1. The summed E-state index contributed by atoms with van der Waals surface area (Å²) in [5.41, 5.74) is 7.08. The zero-order chi connectivity index (χ0) is 12.1. The lowest BCUT2D eigenvalue weighted by Crippen LogP contribution is -2.31. The highest BCUT2D eigenvalue weighted by Gasteiger charge is 2.15. The molecule has 1 heterocycles. The lowest BCUT2D eigenvalue weighted by molar-refractivity contribution is 0.606. The normalized spacial score (nSPS) is 14.6. The Labute approximate surface area is 98.7 Å². The first kappa shape index (κ1) is 13.0. The van der Waals surface area contributed by atoms with Gasteiger partial charge in [0.2, 0.25) is 0 Å². The maximum atomic E-state index is 5.96. The molecule has 3 heteroatoms. The minimum Gasteiger partial charge on any atom is -0.357 e. The maximum Gasteiger partial charge on any atom is 0.133 e. The molecule has 90 valence electrons. The second-order valence-electron chi connectivity index (χ2n) is 4.45. The van der Waals surface area contributed by atoms with E-state index in [0.717, 1.165) is 11.4 Å². The first-order valence-electron chi connectivity index (χ1n) is 6.01. The fraction of sp³-hybridized carbons (Fsp3) is 0.615. The number of hydrogen-bond donors (Lipinski definition) is 1. The SMILES string of the molecule is CCCC(C)N(C)c1ncccc1C(C)N. The minimum atomic E-state index is 0.0278. The summed E-state index contributed by atoms with van der Waals surface area (Å²) in [6, 6.07) is 4.53. The average molecular weight is 221 g/mol. The molecule has 0 fully saturated rings. The third-order valence-corrected chi connectivity index (χ3v) is 3.01. The minimum absolute atomic E-state index is 0.0278. The molecule has 1 aromatic rings. The summed E-state index contributed by atoms with van der Waals surface area (Å²) in [4.78, 5) is 6.67. The van der Waals surface area contributed by atoms with Crippen LogP contribution in [0.1, 0.15) is 45.2 Å². The van der Waals surface area contributed by atoms with E-state index in [-0.39, 0.29) is 6.04 Å². The van der Waals surface area contributed by atoms with E-state index < -0.39 is 0 Å². The molecule has 16 heavy (non-hydrogen) atoms. The summed E-state index contributed by atoms with van der Waals surface area (Å²) in [6.07, 6.45) is 4.19. The van der Waals surface area contributed by atoms with Gasteiger partial charge in [0.25, 0.3) is 0 Å². The van der Waals surface area contributed by atoms with Crippen molar-refractivity contribution in [2.45, 2.75) is 45.7 Å². The predicted molar refractivity (Wildman–Crippen MR) is 69.6 cm³/mol. The van der Waals surface area contributed by atoms with Gasteiger partial charge in [0.05, 0.1) is 0 Å². The lowest BCUT2D eigenvalue weighted by Gasteiger charge is -2.28. The third-order valence-electron chi connectivity index (χ3n) is 3.01. The third kappa shape index (κ3) is 2.95. The van der Waals surface area contributed by atoms with Crippen molar-refractivity contribution in [1.29, 1.82) is 0 Å². The van der Waals surface area contributed by atoms with Gasteiger partial charge in [0.15, 0.2) is 0 Å². The van der Waals surface area contributed by atoms with Crippen LogP contribution < -0.4 is 10.6 Å². The molecule has 1 aromatic heterocycles. The smallest absolute Gasteiger partial charge is 0.133 e. The van der Waals surface area contributed by atoms with Crippen LogP contribution in [-0.4, -0.2) is 18.1 Å². The monoisotopic (exact) mass is 221 g/mol. The van der Waals surface area contributed by atoms with Crippen LogP contribution in [0.25, 0.3) is 0 Å². The molecule has 1 rings (SSSR count). The van der Waals surface area contributed by atoms with E-state index in [1.165, 1.54) is 12.8 Å². The van der Waals surface area contributed by atoms with E-state index in [4.69, 9.17) is 5.73 Å². The average Bonchev–Trinajstić information content (AvgIpc) is 2.28. The van der Waals surface area contributed by atoms with Crippen molar-refractivity contribution >= 4 is 5.82 Å². The molecule has 0 aliphatic rings. The van der Waals surface area contributed by atoms with Crippen molar-refractivity contribution in [3.05, 3.63) is 23.9 Å². The molecule has 0 saturated carbocycles. The van der Waals surface area contributed by atoms with Gasteiger partial charge >= 0.3 is 0 Å². The fourth-order valence-corrected chi connectivity index (χ4v) is 1.88. The van der Waals surface area contributed by atoms with Crippen molar-refractivity contribution < 1.29 is 0 Å². The van der Waals surface area contributed by atoms with Gasteiger partial charge in [0.1, 0.15) is 5.82 Å². The second kappa shape index (κ2) is 5.85. The van der Waals surface area contributed by atoms with Gasteiger partial charge in [-0.05, 0) is 26.3 Å². The number of aromatic nitrogens is 1. The predicted octanol–water partition coefficient (Wildman–Crippen LogP) is 2.73. The second-order valence-corrected chi connectivity index (χ2v) is 4.45. The first-order valence-corrected chi connectivity index (χ1v) is 6.01. The number of hydrogen-bond acceptors (Lipinski definition) is 3. The molecule has 0 bridgehead atoms. The molecule has 0 amide bonds. The standard InChI is InChI=1S/C13H23N3/c1-5-7-10(2)16(4)13-12(11(3)14)8-6-9-15-13/h6,8-11H,5,7,14H2,1-4H3. The Bertz CT molecular complexity index is 323. The van der Waals surface area contributed by atoms with Crippen LogP contribution in [0.5, 0.6) is 0 Å². The number of nitrogens with zero attached hydrogens (tertiary/aromatic N) is 2. The molecular weight excluding hydrogens is 198 g/mol. The fourth-order valence-electron chi connectivity index (χ4n) is 1.88. The summed E-state index contributed by atoms with van der Waals surface area (Å²) in [6.45, 7) is 6.43. The van der Waals surface area contributed by atoms with E-state index in [9.17, 15) is 0 Å². The van der Waals surface area contributed by atoms with E-state index >= 15 is 0 Å². The van der Waals surface area contributed by atoms with E-state index in [1.54, 1.807) is 0 Å². The van der Waals surface area contributed by atoms with Crippen LogP contribution in [0.4, 0.5) is 5.82 Å². The summed E-state index contributed by atoms with van der Waals surface area (Å²) in [5, 5.41) is 0. The highest BCUT2D eigenvalue weighted by molar-refractivity contribution is 5.48. The highest BCUT2D eigenvalue weighted by Crippen LogP contribution is 2.23. The summed E-state index contributed by atoms with van der Waals surface area (Å²) in [5.74, 6) is 1.01. The zero-order valence-electron chi connectivity index (χ0n) is 10.8. The van der Waals surface area contributed by atoms with Crippen LogP contribution in [0, 0.1) is 0 Å². The quantitative estimate of drug-likeness (QED) is 0.831. The Balaban J connectivity index is 2.93. The van der Waals surface area contributed by atoms with Gasteiger partial charge in [-0.2, -0.15) is 0 Å². The Morgan fingerprint density at radius 2 is 2.12 bits per heavy atom. The molecule has 0 aliphatic carbocycles. The molecule has 0 saturated heterocycles. The largest absolute Gasteiger partial charge is 0.357 e. The summed E-state index contributed by atoms with van der Waals surface area (Å²) in [7, 11) is 2.09. The molecule has 0 spiro atoms. The van der Waals surface area contributed by atoms with Crippen molar-refractivity contribution in [3.63, 3.8) is 0 Å². The molecule has 2 atom stereocenters. The van der Waals surface area contributed by atoms with Crippen LogP contribution in [-0.2, 0) is 0 Å². The molecule has 0 aliphatic heterocycles. The Hall–Kier alpha value is -1.09. The molecule has 2 unspecified atom stereocenters. The Morgan fingerprint density at radius 1 is 1.44 bits per heavy atom. The van der Waals surface area contributed by atoms with Gasteiger partial charge < -0.3 is 10.6 Å². The molecule has 0 radical (unpaired) electrons. The molecule has 3 nitrogen and oxygen atoms in total. The van der Waals surface area contributed by atoms with Crippen molar-refractivity contribution in [2.75, 3.05) is 11.9 Å². The maximum absolute atomic E-state index is 5.96. The van der Waals surface area contributed by atoms with Crippen LogP contribution in [0.3, 0.4) is 0 Å². The summed E-state index contributed by atoms with van der Waals surface area (Å²) < 4.78 is 0. The van der Waals surface area contributed by atoms with Gasteiger partial charge in [0, 0.05) is 30.9 Å². The van der Waals surface area contributed by atoms with E-state index in [2.05, 4.69) is 36.8 Å². The molecule has 0 aromatic carbocycles. The Kier molecular flexibility index (Phi) is 4.74.